The summed E-state index contributed by atoms with van der Waals surface area (Å²) in [4.78, 5) is 9.16. The predicted molar refractivity (Wildman–Crippen MR) is 79.3 cm³/mol. The van der Waals surface area contributed by atoms with Gasteiger partial charge in [-0.2, -0.15) is 0 Å². The van der Waals surface area contributed by atoms with Gasteiger partial charge in [-0.3, -0.25) is 0 Å². The quantitative estimate of drug-likeness (QED) is 0.931. The molecular weight excluding hydrogens is 258 g/mol. The third kappa shape index (κ3) is 3.11. The molecule has 0 aliphatic rings. The third-order valence-electron chi connectivity index (χ3n) is 3.17. The number of aromatic nitrogens is 2. The SMILES string of the molecule is Cc1nc(-c2ccccc2Cl)nc(C)c1CCCN. The summed E-state index contributed by atoms with van der Waals surface area (Å²) in [5.74, 6) is 0.692. The Labute approximate surface area is 118 Å². The molecular formula is C15H18ClN3. The molecule has 0 atom stereocenters. The van der Waals surface area contributed by atoms with Crippen molar-refractivity contribution in [2.24, 2.45) is 5.73 Å². The molecule has 100 valence electrons. The van der Waals surface area contributed by atoms with Crippen LogP contribution in [0.25, 0.3) is 11.4 Å². The fraction of sp³-hybridized carbons (Fsp3) is 0.333. The number of benzene rings is 1. The maximum atomic E-state index is 6.19. The molecule has 2 N–H and O–H groups in total. The number of halogens is 1. The molecule has 1 aromatic heterocycles. The molecule has 1 aromatic carbocycles. The topological polar surface area (TPSA) is 51.8 Å². The highest BCUT2D eigenvalue weighted by Gasteiger charge is 2.11. The minimum atomic E-state index is 0.677. The molecule has 0 saturated heterocycles. The Bertz CT molecular complexity index is 558. The Morgan fingerprint density at radius 1 is 1.11 bits per heavy atom. The molecule has 4 heteroatoms. The minimum Gasteiger partial charge on any atom is -0.330 e. The molecule has 0 unspecified atom stereocenters. The molecule has 0 spiro atoms. The van der Waals surface area contributed by atoms with Crippen LogP contribution in [0.2, 0.25) is 5.02 Å². The lowest BCUT2D eigenvalue weighted by Crippen LogP contribution is -2.06. The molecule has 0 bridgehead atoms. The van der Waals surface area contributed by atoms with Gasteiger partial charge in [-0.25, -0.2) is 9.97 Å². The summed E-state index contributed by atoms with van der Waals surface area (Å²) in [6.07, 6.45) is 1.88. The summed E-state index contributed by atoms with van der Waals surface area (Å²) in [7, 11) is 0. The highest BCUT2D eigenvalue weighted by atomic mass is 35.5. The molecule has 2 rings (SSSR count). The summed E-state index contributed by atoms with van der Waals surface area (Å²) in [6.45, 7) is 4.72. The average molecular weight is 276 g/mol. The van der Waals surface area contributed by atoms with E-state index in [2.05, 4.69) is 9.97 Å². The van der Waals surface area contributed by atoms with Crippen molar-refractivity contribution in [3.05, 3.63) is 46.2 Å². The number of rotatable bonds is 4. The van der Waals surface area contributed by atoms with E-state index < -0.39 is 0 Å². The molecule has 19 heavy (non-hydrogen) atoms. The van der Waals surface area contributed by atoms with Crippen LogP contribution in [-0.2, 0) is 6.42 Å². The number of nitrogens with zero attached hydrogens (tertiary/aromatic N) is 2. The highest BCUT2D eigenvalue weighted by molar-refractivity contribution is 6.33. The van der Waals surface area contributed by atoms with Crippen molar-refractivity contribution in [2.45, 2.75) is 26.7 Å². The first kappa shape index (κ1) is 14.0. The number of nitrogens with two attached hydrogens (primary N) is 1. The van der Waals surface area contributed by atoms with Gasteiger partial charge in [0.15, 0.2) is 5.82 Å². The van der Waals surface area contributed by atoms with Crippen LogP contribution in [0.1, 0.15) is 23.4 Å². The first-order chi connectivity index (χ1) is 9.13. The standard InChI is InChI=1S/C15H18ClN3/c1-10-12(7-5-9-17)11(2)19-15(18-10)13-6-3-4-8-14(13)16/h3-4,6,8H,5,7,9,17H2,1-2H3. The molecule has 0 aliphatic heterocycles. The second-order valence-corrected chi connectivity index (χ2v) is 4.98. The summed E-state index contributed by atoms with van der Waals surface area (Å²) >= 11 is 6.19. The molecule has 0 radical (unpaired) electrons. The van der Waals surface area contributed by atoms with Crippen LogP contribution in [0, 0.1) is 13.8 Å². The molecule has 0 amide bonds. The van der Waals surface area contributed by atoms with Crippen molar-refractivity contribution in [3.63, 3.8) is 0 Å². The average Bonchev–Trinajstić information content (AvgIpc) is 2.38. The van der Waals surface area contributed by atoms with Gasteiger partial charge in [-0.05, 0) is 50.9 Å². The number of hydrogen-bond donors (Lipinski definition) is 1. The van der Waals surface area contributed by atoms with Crippen LogP contribution in [-0.4, -0.2) is 16.5 Å². The van der Waals surface area contributed by atoms with Crippen molar-refractivity contribution in [2.75, 3.05) is 6.54 Å². The number of aryl methyl sites for hydroxylation is 2. The lowest BCUT2D eigenvalue weighted by atomic mass is 10.1. The molecule has 0 fully saturated rings. The van der Waals surface area contributed by atoms with Gasteiger partial charge < -0.3 is 5.73 Å². The normalized spacial score (nSPS) is 10.7. The summed E-state index contributed by atoms with van der Waals surface area (Å²) < 4.78 is 0. The zero-order valence-corrected chi connectivity index (χ0v) is 12.0. The Balaban J connectivity index is 2.43. The van der Waals surface area contributed by atoms with Crippen LogP contribution in [0.5, 0.6) is 0 Å². The predicted octanol–water partition coefficient (Wildman–Crippen LogP) is 3.31. The lowest BCUT2D eigenvalue weighted by Gasteiger charge is -2.11. The Kier molecular flexibility index (Phi) is 4.51. The van der Waals surface area contributed by atoms with Crippen molar-refractivity contribution in [1.82, 2.24) is 9.97 Å². The molecule has 0 aliphatic carbocycles. The summed E-state index contributed by atoms with van der Waals surface area (Å²) in [5, 5.41) is 0.677. The summed E-state index contributed by atoms with van der Waals surface area (Å²) in [5.41, 5.74) is 9.65. The lowest BCUT2D eigenvalue weighted by molar-refractivity contribution is 0.806. The van der Waals surface area contributed by atoms with Crippen LogP contribution in [0.15, 0.2) is 24.3 Å². The van der Waals surface area contributed by atoms with Gasteiger partial charge in [0.05, 0.1) is 5.02 Å². The van der Waals surface area contributed by atoms with Crippen molar-refractivity contribution < 1.29 is 0 Å². The maximum absolute atomic E-state index is 6.19. The van der Waals surface area contributed by atoms with Gasteiger partial charge >= 0.3 is 0 Å². The number of hydrogen-bond acceptors (Lipinski definition) is 3. The van der Waals surface area contributed by atoms with E-state index >= 15 is 0 Å². The summed E-state index contributed by atoms with van der Waals surface area (Å²) in [6, 6.07) is 7.64. The van der Waals surface area contributed by atoms with Crippen LogP contribution < -0.4 is 5.73 Å². The Morgan fingerprint density at radius 3 is 2.32 bits per heavy atom. The van der Waals surface area contributed by atoms with E-state index in [1.54, 1.807) is 0 Å². The van der Waals surface area contributed by atoms with Crippen molar-refractivity contribution in [1.29, 1.82) is 0 Å². The molecule has 1 heterocycles. The minimum absolute atomic E-state index is 0.677. The van der Waals surface area contributed by atoms with Gasteiger partial charge in [-0.1, -0.05) is 23.7 Å². The first-order valence-electron chi connectivity index (χ1n) is 6.42. The van der Waals surface area contributed by atoms with E-state index in [1.165, 1.54) is 5.56 Å². The van der Waals surface area contributed by atoms with Gasteiger partial charge in [0.1, 0.15) is 0 Å². The van der Waals surface area contributed by atoms with Crippen LogP contribution in [0.4, 0.5) is 0 Å². The van der Waals surface area contributed by atoms with E-state index in [0.29, 0.717) is 17.4 Å². The third-order valence-corrected chi connectivity index (χ3v) is 3.50. The maximum Gasteiger partial charge on any atom is 0.161 e. The van der Waals surface area contributed by atoms with Gasteiger partial charge in [0.2, 0.25) is 0 Å². The van der Waals surface area contributed by atoms with Crippen molar-refractivity contribution >= 4 is 11.6 Å². The molecule has 2 aromatic rings. The van der Waals surface area contributed by atoms with Crippen LogP contribution >= 0.6 is 11.6 Å². The largest absolute Gasteiger partial charge is 0.330 e. The van der Waals surface area contributed by atoms with Gasteiger partial charge in [-0.15, -0.1) is 0 Å². The van der Waals surface area contributed by atoms with E-state index in [0.717, 1.165) is 29.8 Å². The highest BCUT2D eigenvalue weighted by Crippen LogP contribution is 2.26. The first-order valence-corrected chi connectivity index (χ1v) is 6.80. The smallest absolute Gasteiger partial charge is 0.161 e. The van der Waals surface area contributed by atoms with E-state index in [1.807, 2.05) is 38.1 Å². The Morgan fingerprint density at radius 2 is 1.74 bits per heavy atom. The second kappa shape index (κ2) is 6.13. The zero-order valence-electron chi connectivity index (χ0n) is 11.3. The Hall–Kier alpha value is -1.45. The zero-order chi connectivity index (χ0) is 13.8. The second-order valence-electron chi connectivity index (χ2n) is 4.57. The van der Waals surface area contributed by atoms with Crippen molar-refractivity contribution in [3.8, 4) is 11.4 Å². The monoisotopic (exact) mass is 275 g/mol. The van der Waals surface area contributed by atoms with Gasteiger partial charge in [0.25, 0.3) is 0 Å². The van der Waals surface area contributed by atoms with Crippen LogP contribution in [0.3, 0.4) is 0 Å². The molecule has 0 saturated carbocycles. The van der Waals surface area contributed by atoms with Gasteiger partial charge in [0, 0.05) is 17.0 Å². The fourth-order valence-corrected chi connectivity index (χ4v) is 2.36. The fourth-order valence-electron chi connectivity index (χ4n) is 2.14. The van der Waals surface area contributed by atoms with E-state index in [4.69, 9.17) is 17.3 Å². The van der Waals surface area contributed by atoms with E-state index in [9.17, 15) is 0 Å². The molecule has 3 nitrogen and oxygen atoms in total. The van der Waals surface area contributed by atoms with E-state index in [-0.39, 0.29) is 0 Å².